The number of hydrogen-bond acceptors (Lipinski definition) is 5. The average Bonchev–Trinajstić information content (AvgIpc) is 3.00. The molecule has 0 aliphatic carbocycles. The van der Waals surface area contributed by atoms with E-state index in [-0.39, 0.29) is 5.91 Å². The third-order valence-corrected chi connectivity index (χ3v) is 2.93. The maximum absolute atomic E-state index is 12.2. The van der Waals surface area contributed by atoms with Crippen molar-refractivity contribution in [1.82, 2.24) is 14.9 Å². The highest BCUT2D eigenvalue weighted by molar-refractivity contribution is 5.92. The van der Waals surface area contributed by atoms with Gasteiger partial charge in [0.25, 0.3) is 5.91 Å². The third-order valence-electron chi connectivity index (χ3n) is 2.93. The van der Waals surface area contributed by atoms with E-state index in [9.17, 15) is 4.79 Å². The van der Waals surface area contributed by atoms with Gasteiger partial charge in [-0.2, -0.15) is 0 Å². The predicted octanol–water partition coefficient (Wildman–Crippen LogP) is 2.16. The van der Waals surface area contributed by atoms with Crippen molar-refractivity contribution in [3.63, 3.8) is 0 Å². The van der Waals surface area contributed by atoms with E-state index in [1.54, 1.807) is 23.4 Å². The zero-order valence-corrected chi connectivity index (χ0v) is 11.7. The van der Waals surface area contributed by atoms with E-state index < -0.39 is 0 Å². The summed E-state index contributed by atoms with van der Waals surface area (Å²) < 4.78 is 5.21. The zero-order chi connectivity index (χ0) is 14.4. The Hall–Kier alpha value is -2.37. The maximum atomic E-state index is 12.2. The normalized spacial score (nSPS) is 10.3. The summed E-state index contributed by atoms with van der Waals surface area (Å²) in [6.45, 7) is 5.69. The molecule has 2 aromatic heterocycles. The highest BCUT2D eigenvalue weighted by atomic mass is 16.3. The number of hydrogen-bond donors (Lipinski definition) is 1. The van der Waals surface area contributed by atoms with E-state index in [1.165, 1.54) is 0 Å². The highest BCUT2D eigenvalue weighted by Crippen LogP contribution is 2.07. The number of carbonyl (C=O) groups excluding carboxylic acids is 1. The fourth-order valence-corrected chi connectivity index (χ4v) is 1.82. The number of nitrogens with one attached hydrogen (secondary N) is 1. The van der Waals surface area contributed by atoms with Crippen LogP contribution in [0.4, 0.5) is 5.95 Å². The number of nitrogens with zero attached hydrogens (tertiary/aromatic N) is 3. The molecule has 2 heterocycles. The smallest absolute Gasteiger partial charge is 0.272 e. The quantitative estimate of drug-likeness (QED) is 0.874. The third kappa shape index (κ3) is 3.34. The van der Waals surface area contributed by atoms with Crippen LogP contribution in [-0.2, 0) is 6.54 Å². The molecule has 0 aliphatic heterocycles. The Bertz CT molecular complexity index is 550. The first-order valence-electron chi connectivity index (χ1n) is 6.63. The Kier molecular flexibility index (Phi) is 4.70. The van der Waals surface area contributed by atoms with E-state index in [1.807, 2.05) is 26.0 Å². The Morgan fingerprint density at radius 2 is 2.15 bits per heavy atom. The summed E-state index contributed by atoms with van der Waals surface area (Å²) in [5, 5.41) is 3.03. The van der Waals surface area contributed by atoms with Gasteiger partial charge in [0, 0.05) is 19.3 Å². The molecule has 20 heavy (non-hydrogen) atoms. The van der Waals surface area contributed by atoms with Crippen LogP contribution in [-0.4, -0.2) is 33.9 Å². The minimum Gasteiger partial charge on any atom is -0.467 e. The van der Waals surface area contributed by atoms with Gasteiger partial charge in [-0.15, -0.1) is 0 Å². The molecule has 6 heteroatoms. The van der Waals surface area contributed by atoms with Gasteiger partial charge in [0.2, 0.25) is 5.95 Å². The second-order valence-corrected chi connectivity index (χ2v) is 4.18. The Balaban J connectivity index is 2.05. The van der Waals surface area contributed by atoms with Crippen LogP contribution in [0.2, 0.25) is 0 Å². The molecule has 6 nitrogen and oxygen atoms in total. The lowest BCUT2D eigenvalue weighted by atomic mass is 10.3. The van der Waals surface area contributed by atoms with Crippen molar-refractivity contribution >= 4 is 11.9 Å². The van der Waals surface area contributed by atoms with Crippen LogP contribution < -0.4 is 5.32 Å². The summed E-state index contributed by atoms with van der Waals surface area (Å²) in [4.78, 5) is 22.2. The van der Waals surface area contributed by atoms with Gasteiger partial charge in [-0.25, -0.2) is 9.97 Å². The zero-order valence-electron chi connectivity index (χ0n) is 11.7. The summed E-state index contributed by atoms with van der Waals surface area (Å²) >= 11 is 0. The van der Waals surface area contributed by atoms with Gasteiger partial charge >= 0.3 is 0 Å². The molecule has 0 spiro atoms. The molecular formula is C14H18N4O2. The molecule has 0 atom stereocenters. The average molecular weight is 274 g/mol. The molecule has 0 unspecified atom stereocenters. The van der Waals surface area contributed by atoms with E-state index in [2.05, 4.69) is 15.3 Å². The summed E-state index contributed by atoms with van der Waals surface area (Å²) in [5.74, 6) is 1.12. The van der Waals surface area contributed by atoms with Crippen molar-refractivity contribution in [3.8, 4) is 0 Å². The summed E-state index contributed by atoms with van der Waals surface area (Å²) in [6.07, 6.45) is 3.19. The van der Waals surface area contributed by atoms with Crippen molar-refractivity contribution in [2.75, 3.05) is 18.4 Å². The fourth-order valence-electron chi connectivity index (χ4n) is 1.82. The molecule has 0 aliphatic rings. The van der Waals surface area contributed by atoms with Gasteiger partial charge in [-0.3, -0.25) is 4.79 Å². The van der Waals surface area contributed by atoms with E-state index >= 15 is 0 Å². The number of furan rings is 1. The minimum atomic E-state index is -0.0848. The lowest BCUT2D eigenvalue weighted by molar-refractivity contribution is 0.0767. The van der Waals surface area contributed by atoms with Crippen LogP contribution in [0.1, 0.15) is 30.1 Å². The molecule has 0 fully saturated rings. The van der Waals surface area contributed by atoms with Gasteiger partial charge < -0.3 is 14.6 Å². The molecule has 1 N–H and O–H groups in total. The fraction of sp³-hybridized carbons (Fsp3) is 0.357. The second kappa shape index (κ2) is 6.70. The van der Waals surface area contributed by atoms with E-state index in [0.717, 1.165) is 5.76 Å². The van der Waals surface area contributed by atoms with Gasteiger partial charge in [-0.05, 0) is 32.0 Å². The van der Waals surface area contributed by atoms with Crippen LogP contribution in [0.3, 0.4) is 0 Å². The van der Waals surface area contributed by atoms with Crippen molar-refractivity contribution in [2.24, 2.45) is 0 Å². The molecular weight excluding hydrogens is 256 g/mol. The van der Waals surface area contributed by atoms with Crippen LogP contribution in [0.15, 0.2) is 35.1 Å². The van der Waals surface area contributed by atoms with Gasteiger partial charge in [-0.1, -0.05) is 0 Å². The SMILES string of the molecule is CCN(CC)C(=O)c1ccnc(NCc2ccco2)n1. The number of anilines is 1. The second-order valence-electron chi connectivity index (χ2n) is 4.18. The Morgan fingerprint density at radius 1 is 1.35 bits per heavy atom. The van der Waals surface area contributed by atoms with Crippen molar-refractivity contribution < 1.29 is 9.21 Å². The van der Waals surface area contributed by atoms with Crippen LogP contribution in [0.25, 0.3) is 0 Å². The van der Waals surface area contributed by atoms with Crippen LogP contribution in [0, 0.1) is 0 Å². The van der Waals surface area contributed by atoms with Crippen molar-refractivity contribution in [1.29, 1.82) is 0 Å². The molecule has 0 saturated carbocycles. The number of carbonyl (C=O) groups is 1. The van der Waals surface area contributed by atoms with Crippen LogP contribution >= 0.6 is 0 Å². The largest absolute Gasteiger partial charge is 0.467 e. The summed E-state index contributed by atoms with van der Waals surface area (Å²) in [6, 6.07) is 5.30. The number of amides is 1. The molecule has 0 bridgehead atoms. The lowest BCUT2D eigenvalue weighted by Crippen LogP contribution is -2.31. The topological polar surface area (TPSA) is 71.3 Å². The van der Waals surface area contributed by atoms with Gasteiger partial charge in [0.05, 0.1) is 12.8 Å². The summed E-state index contributed by atoms with van der Waals surface area (Å²) in [7, 11) is 0. The Labute approximate surface area is 117 Å². The Morgan fingerprint density at radius 3 is 2.80 bits per heavy atom. The first kappa shape index (κ1) is 14.0. The number of rotatable bonds is 6. The monoisotopic (exact) mass is 274 g/mol. The molecule has 106 valence electrons. The van der Waals surface area contributed by atoms with E-state index in [4.69, 9.17) is 4.42 Å². The van der Waals surface area contributed by atoms with Gasteiger partial charge in [0.1, 0.15) is 11.5 Å². The lowest BCUT2D eigenvalue weighted by Gasteiger charge is -2.18. The van der Waals surface area contributed by atoms with Crippen LogP contribution in [0.5, 0.6) is 0 Å². The molecule has 2 rings (SSSR count). The van der Waals surface area contributed by atoms with Gasteiger partial charge in [0.15, 0.2) is 0 Å². The molecule has 0 aromatic carbocycles. The van der Waals surface area contributed by atoms with E-state index in [0.29, 0.717) is 31.3 Å². The molecule has 1 amide bonds. The molecule has 2 aromatic rings. The first-order chi connectivity index (χ1) is 9.74. The first-order valence-corrected chi connectivity index (χ1v) is 6.63. The maximum Gasteiger partial charge on any atom is 0.272 e. The predicted molar refractivity (Wildman–Crippen MR) is 75.3 cm³/mol. The minimum absolute atomic E-state index is 0.0848. The molecule has 0 radical (unpaired) electrons. The van der Waals surface area contributed by atoms with Crippen molar-refractivity contribution in [3.05, 3.63) is 42.1 Å². The highest BCUT2D eigenvalue weighted by Gasteiger charge is 2.14. The number of aromatic nitrogens is 2. The standard InChI is InChI=1S/C14H18N4O2/c1-3-18(4-2)13(19)12-7-8-15-14(17-12)16-10-11-6-5-9-20-11/h5-9H,3-4,10H2,1-2H3,(H,15,16,17). The molecule has 0 saturated heterocycles. The van der Waals surface area contributed by atoms with Crippen molar-refractivity contribution in [2.45, 2.75) is 20.4 Å². The summed E-state index contributed by atoms with van der Waals surface area (Å²) in [5.41, 5.74) is 0.394.